The monoisotopic (exact) mass is 270 g/mol. The van der Waals surface area contributed by atoms with Crippen LogP contribution in [0.15, 0.2) is 0 Å². The Kier molecular flexibility index (Phi) is 6.55. The van der Waals surface area contributed by atoms with Crippen molar-refractivity contribution in [2.45, 2.75) is 46.5 Å². The molecule has 0 heterocycles. The molecule has 0 spiro atoms. The Morgan fingerprint density at radius 3 is 1.81 bits per heavy atom. The fourth-order valence-corrected chi connectivity index (χ4v) is 5.15. The van der Waals surface area contributed by atoms with Gasteiger partial charge in [-0.25, -0.2) is 16.8 Å². The molecule has 0 rings (SSSR count). The van der Waals surface area contributed by atoms with Crippen LogP contribution in [0, 0.1) is 5.92 Å². The molecule has 0 aromatic rings. The molecule has 4 nitrogen and oxygen atoms in total. The molecular weight excluding hydrogens is 248 g/mol. The predicted octanol–water partition coefficient (Wildman–Crippen LogP) is 1.97. The largest absolute Gasteiger partial charge is 0.253 e. The third-order valence-corrected chi connectivity index (χ3v) is 7.95. The van der Waals surface area contributed by atoms with E-state index in [1.165, 1.54) is 0 Å². The molecule has 0 fully saturated rings. The molecule has 0 atom stereocenters. The highest BCUT2D eigenvalue weighted by atomic mass is 33.2. The molecule has 0 unspecified atom stereocenters. The van der Waals surface area contributed by atoms with Crippen molar-refractivity contribution in [3.63, 3.8) is 0 Å². The van der Waals surface area contributed by atoms with Gasteiger partial charge in [0.2, 0.25) is 0 Å². The summed E-state index contributed by atoms with van der Waals surface area (Å²) >= 11 is 0. The molecule has 0 aliphatic rings. The van der Waals surface area contributed by atoms with Gasteiger partial charge in [-0.1, -0.05) is 33.6 Å². The molecule has 0 N–H and O–H groups in total. The molecule has 0 saturated heterocycles. The number of hydrogen-bond donors (Lipinski definition) is 0. The minimum atomic E-state index is -3.96. The minimum absolute atomic E-state index is 0.195. The molecule has 0 radical (unpaired) electrons. The third kappa shape index (κ3) is 5.30. The Bertz CT molecular complexity index is 379. The van der Waals surface area contributed by atoms with Gasteiger partial charge in [0, 0.05) is 0 Å². The highest BCUT2D eigenvalue weighted by Gasteiger charge is 2.28. The van der Waals surface area contributed by atoms with Crippen LogP contribution < -0.4 is 0 Å². The van der Waals surface area contributed by atoms with Gasteiger partial charge in [-0.15, -0.1) is 0 Å². The van der Waals surface area contributed by atoms with E-state index in [-0.39, 0.29) is 17.4 Å². The van der Waals surface area contributed by atoms with Crippen molar-refractivity contribution in [1.29, 1.82) is 0 Å². The number of unbranched alkanes of at least 4 members (excludes halogenated alkanes) is 2. The molecule has 0 aliphatic carbocycles. The van der Waals surface area contributed by atoms with E-state index in [0.717, 1.165) is 12.8 Å². The van der Waals surface area contributed by atoms with E-state index >= 15 is 0 Å². The fourth-order valence-electron chi connectivity index (χ4n) is 1.16. The molecular formula is C10H22O4S2. The van der Waals surface area contributed by atoms with Crippen molar-refractivity contribution >= 4 is 17.7 Å². The first-order valence-electron chi connectivity index (χ1n) is 5.68. The quantitative estimate of drug-likeness (QED) is 0.499. The molecule has 98 valence electrons. The summed E-state index contributed by atoms with van der Waals surface area (Å²) in [4.78, 5) is 0. The van der Waals surface area contributed by atoms with E-state index in [9.17, 15) is 16.8 Å². The molecule has 0 aromatic heterocycles. The van der Waals surface area contributed by atoms with Crippen LogP contribution in [0.4, 0.5) is 0 Å². The van der Waals surface area contributed by atoms with Crippen LogP contribution in [0.2, 0.25) is 0 Å². The molecule has 6 heteroatoms. The molecule has 0 saturated carbocycles. The van der Waals surface area contributed by atoms with Crippen molar-refractivity contribution in [2.75, 3.05) is 11.5 Å². The van der Waals surface area contributed by atoms with Gasteiger partial charge in [-0.05, 0) is 18.8 Å². The van der Waals surface area contributed by atoms with Crippen LogP contribution in [-0.4, -0.2) is 28.3 Å². The highest BCUT2D eigenvalue weighted by molar-refractivity contribution is 8.67. The number of rotatable bonds is 8. The van der Waals surface area contributed by atoms with Crippen molar-refractivity contribution < 1.29 is 16.8 Å². The number of hydrogen-bond acceptors (Lipinski definition) is 4. The van der Waals surface area contributed by atoms with Crippen LogP contribution in [0.5, 0.6) is 0 Å². The van der Waals surface area contributed by atoms with Gasteiger partial charge in [0.25, 0.3) is 17.7 Å². The van der Waals surface area contributed by atoms with Crippen LogP contribution in [0.1, 0.15) is 46.5 Å². The van der Waals surface area contributed by atoms with Crippen molar-refractivity contribution in [3.8, 4) is 0 Å². The van der Waals surface area contributed by atoms with E-state index in [2.05, 4.69) is 0 Å². The van der Waals surface area contributed by atoms with Crippen LogP contribution >= 0.6 is 0 Å². The summed E-state index contributed by atoms with van der Waals surface area (Å²) in [5.74, 6) is -0.291. The summed E-state index contributed by atoms with van der Waals surface area (Å²) in [5.41, 5.74) is 0. The summed E-state index contributed by atoms with van der Waals surface area (Å²) in [6, 6.07) is 0. The highest BCUT2D eigenvalue weighted by Crippen LogP contribution is 2.12. The Morgan fingerprint density at radius 1 is 0.875 bits per heavy atom. The summed E-state index contributed by atoms with van der Waals surface area (Å²) in [5, 5.41) is 0. The van der Waals surface area contributed by atoms with Gasteiger partial charge in [-0.2, -0.15) is 0 Å². The molecule has 16 heavy (non-hydrogen) atoms. The average Bonchev–Trinajstić information content (AvgIpc) is 2.15. The second-order valence-electron chi connectivity index (χ2n) is 4.41. The van der Waals surface area contributed by atoms with Crippen LogP contribution in [-0.2, 0) is 17.7 Å². The summed E-state index contributed by atoms with van der Waals surface area (Å²) in [6.45, 7) is 5.69. The normalized spacial score (nSPS) is 13.2. The Morgan fingerprint density at radius 2 is 1.38 bits per heavy atom. The van der Waals surface area contributed by atoms with Crippen LogP contribution in [0.25, 0.3) is 0 Å². The van der Waals surface area contributed by atoms with Gasteiger partial charge in [0.15, 0.2) is 0 Å². The minimum Gasteiger partial charge on any atom is -0.213 e. The first-order valence-corrected chi connectivity index (χ1v) is 9.50. The molecule has 0 bridgehead atoms. The van der Waals surface area contributed by atoms with E-state index < -0.39 is 17.7 Å². The van der Waals surface area contributed by atoms with Gasteiger partial charge in [0.1, 0.15) is 0 Å². The summed E-state index contributed by atoms with van der Waals surface area (Å²) in [7, 11) is -7.92. The Hall–Kier alpha value is -0.100. The lowest BCUT2D eigenvalue weighted by Crippen LogP contribution is -2.22. The molecule has 0 aromatic carbocycles. The molecule has 0 amide bonds. The van der Waals surface area contributed by atoms with E-state index in [1.807, 2.05) is 20.8 Å². The maximum Gasteiger partial charge on any atom is 0.253 e. The topological polar surface area (TPSA) is 68.3 Å². The van der Waals surface area contributed by atoms with Crippen molar-refractivity contribution in [3.05, 3.63) is 0 Å². The standard InChI is InChI=1S/C10H22O4S2/c1-4-5-6-8-15(11,12)16(13,14)9-7-10(2)3/h10H,4-9H2,1-3H3. The Balaban J connectivity index is 4.48. The first-order chi connectivity index (χ1) is 7.23. The van der Waals surface area contributed by atoms with Gasteiger partial charge < -0.3 is 0 Å². The summed E-state index contributed by atoms with van der Waals surface area (Å²) in [6.07, 6.45) is 2.45. The predicted molar refractivity (Wildman–Crippen MR) is 66.6 cm³/mol. The van der Waals surface area contributed by atoms with Crippen molar-refractivity contribution in [2.24, 2.45) is 5.92 Å². The van der Waals surface area contributed by atoms with Crippen molar-refractivity contribution in [1.82, 2.24) is 0 Å². The summed E-state index contributed by atoms with van der Waals surface area (Å²) < 4.78 is 46.2. The van der Waals surface area contributed by atoms with Gasteiger partial charge in [-0.3, -0.25) is 0 Å². The second kappa shape index (κ2) is 6.59. The van der Waals surface area contributed by atoms with E-state index in [1.54, 1.807) is 0 Å². The lowest BCUT2D eigenvalue weighted by molar-refractivity contribution is 0.568. The third-order valence-electron chi connectivity index (χ3n) is 2.33. The van der Waals surface area contributed by atoms with E-state index in [0.29, 0.717) is 12.8 Å². The zero-order valence-electron chi connectivity index (χ0n) is 10.3. The lowest BCUT2D eigenvalue weighted by atomic mass is 10.2. The van der Waals surface area contributed by atoms with Gasteiger partial charge >= 0.3 is 0 Å². The average molecular weight is 270 g/mol. The lowest BCUT2D eigenvalue weighted by Gasteiger charge is -2.07. The smallest absolute Gasteiger partial charge is 0.213 e. The van der Waals surface area contributed by atoms with E-state index in [4.69, 9.17) is 0 Å². The maximum atomic E-state index is 11.6. The van der Waals surface area contributed by atoms with Crippen LogP contribution in [0.3, 0.4) is 0 Å². The Labute approximate surface area is 98.7 Å². The zero-order valence-corrected chi connectivity index (χ0v) is 11.9. The molecule has 0 aliphatic heterocycles. The first kappa shape index (κ1) is 15.9. The zero-order chi connectivity index (χ0) is 12.8. The fraction of sp³-hybridized carbons (Fsp3) is 1.00. The van der Waals surface area contributed by atoms with Gasteiger partial charge in [0.05, 0.1) is 11.5 Å². The SMILES string of the molecule is CCCCCS(=O)(=O)S(=O)(=O)CCC(C)C. The maximum absolute atomic E-state index is 11.6. The second-order valence-corrected chi connectivity index (χ2v) is 10.5.